The van der Waals surface area contributed by atoms with Gasteiger partial charge in [-0.05, 0) is 26.0 Å². The Hall–Kier alpha value is -2.34. The summed E-state index contributed by atoms with van der Waals surface area (Å²) in [5, 5.41) is 20.3. The molecular formula is C13H11ClN2O4. The van der Waals surface area contributed by atoms with E-state index >= 15 is 0 Å². The number of carbonyl (C=O) groups is 1. The molecule has 1 aromatic carbocycles. The van der Waals surface area contributed by atoms with Gasteiger partial charge in [0, 0.05) is 23.5 Å². The Morgan fingerprint density at radius 1 is 1.35 bits per heavy atom. The first-order valence-corrected chi connectivity index (χ1v) is 6.07. The monoisotopic (exact) mass is 294 g/mol. The van der Waals surface area contributed by atoms with E-state index in [0.717, 1.165) is 0 Å². The summed E-state index contributed by atoms with van der Waals surface area (Å²) in [4.78, 5) is 21.4. The van der Waals surface area contributed by atoms with Gasteiger partial charge in [-0.3, -0.25) is 10.1 Å². The molecule has 0 aliphatic carbocycles. The molecule has 0 aliphatic heterocycles. The largest absolute Gasteiger partial charge is 0.478 e. The summed E-state index contributed by atoms with van der Waals surface area (Å²) in [6.45, 7) is 3.35. The van der Waals surface area contributed by atoms with Crippen LogP contribution < -0.4 is 0 Å². The maximum atomic E-state index is 11.1. The third kappa shape index (κ3) is 2.25. The Morgan fingerprint density at radius 2 is 2.00 bits per heavy atom. The predicted molar refractivity (Wildman–Crippen MR) is 73.9 cm³/mol. The number of aryl methyl sites for hydroxylation is 1. The van der Waals surface area contributed by atoms with Gasteiger partial charge < -0.3 is 9.67 Å². The van der Waals surface area contributed by atoms with Gasteiger partial charge in [0.2, 0.25) is 0 Å². The Kier molecular flexibility index (Phi) is 3.50. The molecule has 0 aliphatic rings. The quantitative estimate of drug-likeness (QED) is 0.695. The van der Waals surface area contributed by atoms with Crippen LogP contribution in [0.25, 0.3) is 5.69 Å². The third-order valence-electron chi connectivity index (χ3n) is 3.04. The Morgan fingerprint density at radius 3 is 2.50 bits per heavy atom. The maximum absolute atomic E-state index is 11.1. The van der Waals surface area contributed by atoms with E-state index in [9.17, 15) is 14.9 Å². The maximum Gasteiger partial charge on any atom is 0.337 e. The van der Waals surface area contributed by atoms with Gasteiger partial charge in [0.25, 0.3) is 5.69 Å². The average Bonchev–Trinajstić information content (AvgIpc) is 2.66. The van der Waals surface area contributed by atoms with Crippen LogP contribution in [0.5, 0.6) is 0 Å². The summed E-state index contributed by atoms with van der Waals surface area (Å²) in [5.41, 5.74) is 1.54. The number of nitrogens with zero attached hydrogens (tertiary/aromatic N) is 2. The zero-order chi connectivity index (χ0) is 15.0. The van der Waals surface area contributed by atoms with Gasteiger partial charge >= 0.3 is 5.97 Å². The first-order valence-electron chi connectivity index (χ1n) is 5.69. The van der Waals surface area contributed by atoms with Crippen LogP contribution >= 0.6 is 11.6 Å². The molecule has 0 atom stereocenters. The summed E-state index contributed by atoms with van der Waals surface area (Å²) in [7, 11) is 0. The molecule has 1 aromatic heterocycles. The number of nitro benzene ring substituents is 1. The Balaban J connectivity index is 2.71. The fraction of sp³-hybridized carbons (Fsp3) is 0.154. The van der Waals surface area contributed by atoms with Crippen LogP contribution in [0.15, 0.2) is 24.3 Å². The molecule has 0 saturated carbocycles. The van der Waals surface area contributed by atoms with Gasteiger partial charge in [-0.1, -0.05) is 11.6 Å². The van der Waals surface area contributed by atoms with Gasteiger partial charge in [-0.2, -0.15) is 0 Å². The van der Waals surface area contributed by atoms with E-state index < -0.39 is 10.9 Å². The number of rotatable bonds is 3. The number of aromatic nitrogens is 1. The predicted octanol–water partition coefficient (Wildman–Crippen LogP) is 3.35. The molecule has 0 amide bonds. The zero-order valence-electron chi connectivity index (χ0n) is 10.8. The van der Waals surface area contributed by atoms with Gasteiger partial charge in [0.15, 0.2) is 0 Å². The van der Waals surface area contributed by atoms with Crippen molar-refractivity contribution in [3.63, 3.8) is 0 Å². The van der Waals surface area contributed by atoms with Crippen molar-refractivity contribution in [1.82, 2.24) is 4.57 Å². The minimum absolute atomic E-state index is 0.103. The minimum atomic E-state index is -1.05. The van der Waals surface area contributed by atoms with E-state index in [0.29, 0.717) is 22.1 Å². The second-order valence-corrected chi connectivity index (χ2v) is 4.73. The number of benzene rings is 1. The van der Waals surface area contributed by atoms with Crippen molar-refractivity contribution < 1.29 is 14.8 Å². The fourth-order valence-electron chi connectivity index (χ4n) is 2.14. The average molecular weight is 295 g/mol. The highest BCUT2D eigenvalue weighted by Gasteiger charge is 2.19. The first kappa shape index (κ1) is 14.1. The number of carboxylic acid groups (broad SMARTS) is 1. The molecule has 7 heteroatoms. The lowest BCUT2D eigenvalue weighted by molar-refractivity contribution is -0.384. The minimum Gasteiger partial charge on any atom is -0.478 e. The van der Waals surface area contributed by atoms with E-state index in [4.69, 9.17) is 16.7 Å². The number of hydrogen-bond donors (Lipinski definition) is 1. The zero-order valence-corrected chi connectivity index (χ0v) is 11.5. The number of hydrogen-bond acceptors (Lipinski definition) is 3. The lowest BCUT2D eigenvalue weighted by Gasteiger charge is -2.11. The smallest absolute Gasteiger partial charge is 0.337 e. The van der Waals surface area contributed by atoms with Crippen LogP contribution in [0.1, 0.15) is 21.7 Å². The van der Waals surface area contributed by atoms with E-state index in [1.165, 1.54) is 24.3 Å². The molecule has 0 unspecified atom stereocenters. The summed E-state index contributed by atoms with van der Waals surface area (Å²) in [6.07, 6.45) is 0. The van der Waals surface area contributed by atoms with E-state index in [-0.39, 0.29) is 11.3 Å². The van der Waals surface area contributed by atoms with E-state index in [1.807, 2.05) is 0 Å². The van der Waals surface area contributed by atoms with Crippen molar-refractivity contribution in [3.05, 3.63) is 56.4 Å². The van der Waals surface area contributed by atoms with Crippen LogP contribution in [0.4, 0.5) is 5.69 Å². The number of halogens is 1. The summed E-state index contributed by atoms with van der Waals surface area (Å²) in [6, 6.07) is 5.56. The normalized spacial score (nSPS) is 10.6. The summed E-state index contributed by atoms with van der Waals surface area (Å²) in [5.74, 6) is -1.05. The first-order chi connectivity index (χ1) is 9.32. The highest BCUT2D eigenvalue weighted by molar-refractivity contribution is 6.32. The van der Waals surface area contributed by atoms with Gasteiger partial charge in [0.05, 0.1) is 21.2 Å². The van der Waals surface area contributed by atoms with Crippen molar-refractivity contribution in [2.75, 3.05) is 0 Å². The number of aromatic carboxylic acids is 1. The lowest BCUT2D eigenvalue weighted by Crippen LogP contribution is -2.03. The standard InChI is InChI=1S/C13H11ClN2O4/c1-7-5-10(13(17)18)8(2)15(7)12-6-9(16(19)20)3-4-11(12)14/h3-6H,1-2H3,(H,17,18). The van der Waals surface area contributed by atoms with Crippen LogP contribution in [-0.4, -0.2) is 20.6 Å². The van der Waals surface area contributed by atoms with Gasteiger partial charge in [-0.25, -0.2) is 4.79 Å². The van der Waals surface area contributed by atoms with Gasteiger partial charge in [-0.15, -0.1) is 0 Å². The van der Waals surface area contributed by atoms with Crippen LogP contribution in [0.3, 0.4) is 0 Å². The lowest BCUT2D eigenvalue weighted by atomic mass is 10.2. The SMILES string of the molecule is Cc1cc(C(=O)O)c(C)n1-c1cc([N+](=O)[O-])ccc1Cl. The Bertz CT molecular complexity index is 721. The molecule has 0 bridgehead atoms. The molecule has 2 aromatic rings. The molecule has 0 spiro atoms. The van der Waals surface area contributed by atoms with E-state index in [2.05, 4.69) is 0 Å². The second kappa shape index (κ2) is 4.97. The number of nitro groups is 1. The topological polar surface area (TPSA) is 85.4 Å². The summed E-state index contributed by atoms with van der Waals surface area (Å²) < 4.78 is 1.60. The van der Waals surface area contributed by atoms with E-state index in [1.54, 1.807) is 18.4 Å². The molecule has 20 heavy (non-hydrogen) atoms. The fourth-order valence-corrected chi connectivity index (χ4v) is 2.34. The molecule has 6 nitrogen and oxygen atoms in total. The molecule has 1 N–H and O–H groups in total. The third-order valence-corrected chi connectivity index (χ3v) is 3.36. The van der Waals surface area contributed by atoms with Crippen molar-refractivity contribution >= 4 is 23.3 Å². The van der Waals surface area contributed by atoms with Crippen molar-refractivity contribution in [1.29, 1.82) is 0 Å². The molecule has 1 heterocycles. The Labute approximate surface area is 119 Å². The summed E-state index contributed by atoms with van der Waals surface area (Å²) >= 11 is 6.08. The molecule has 104 valence electrons. The molecular weight excluding hydrogens is 284 g/mol. The van der Waals surface area contributed by atoms with Crippen molar-refractivity contribution in [2.45, 2.75) is 13.8 Å². The molecule has 0 fully saturated rings. The highest BCUT2D eigenvalue weighted by Crippen LogP contribution is 2.29. The second-order valence-electron chi connectivity index (χ2n) is 4.32. The van der Waals surface area contributed by atoms with Crippen LogP contribution in [0, 0.1) is 24.0 Å². The molecule has 0 saturated heterocycles. The molecule has 0 radical (unpaired) electrons. The van der Waals surface area contributed by atoms with Crippen molar-refractivity contribution in [3.8, 4) is 5.69 Å². The highest BCUT2D eigenvalue weighted by atomic mass is 35.5. The van der Waals surface area contributed by atoms with Crippen LogP contribution in [-0.2, 0) is 0 Å². The number of carboxylic acids is 1. The number of non-ortho nitro benzene ring substituents is 1. The molecule has 2 rings (SSSR count). The van der Waals surface area contributed by atoms with Crippen LogP contribution in [0.2, 0.25) is 5.02 Å². The van der Waals surface area contributed by atoms with Crippen molar-refractivity contribution in [2.24, 2.45) is 0 Å². The van der Waals surface area contributed by atoms with Gasteiger partial charge in [0.1, 0.15) is 0 Å².